The summed E-state index contributed by atoms with van der Waals surface area (Å²) in [4.78, 5) is 0. The fourth-order valence-electron chi connectivity index (χ4n) is 2.44. The third-order valence-corrected chi connectivity index (χ3v) is 3.42. The van der Waals surface area contributed by atoms with Crippen LogP contribution in [0.4, 0.5) is 0 Å². The van der Waals surface area contributed by atoms with Gasteiger partial charge in [0.1, 0.15) is 5.82 Å². The van der Waals surface area contributed by atoms with E-state index in [-0.39, 0.29) is 0 Å². The number of fused-ring (bicyclic) bond motifs is 1. The van der Waals surface area contributed by atoms with Crippen molar-refractivity contribution in [2.45, 2.75) is 25.7 Å². The van der Waals surface area contributed by atoms with Crippen molar-refractivity contribution in [1.29, 1.82) is 0 Å². The molecule has 1 fully saturated rings. The summed E-state index contributed by atoms with van der Waals surface area (Å²) in [6.45, 7) is 4.23. The van der Waals surface area contributed by atoms with Crippen molar-refractivity contribution in [2.24, 2.45) is 0 Å². The summed E-state index contributed by atoms with van der Waals surface area (Å²) in [6.07, 6.45) is 4.54. The summed E-state index contributed by atoms with van der Waals surface area (Å²) in [7, 11) is 0. The molecule has 3 heterocycles. The second kappa shape index (κ2) is 3.87. The number of aromatic nitrogens is 3. The zero-order valence-electron chi connectivity index (χ0n) is 9.48. The molecule has 0 aliphatic carbocycles. The predicted molar refractivity (Wildman–Crippen MR) is 62.6 cm³/mol. The van der Waals surface area contributed by atoms with Gasteiger partial charge in [-0.1, -0.05) is 0 Å². The van der Waals surface area contributed by atoms with Gasteiger partial charge in [0, 0.05) is 6.20 Å². The molecule has 4 nitrogen and oxygen atoms in total. The van der Waals surface area contributed by atoms with Gasteiger partial charge in [-0.25, -0.2) is 0 Å². The molecule has 0 aromatic carbocycles. The van der Waals surface area contributed by atoms with E-state index in [0.29, 0.717) is 5.92 Å². The zero-order valence-corrected chi connectivity index (χ0v) is 9.48. The summed E-state index contributed by atoms with van der Waals surface area (Å²) in [5.41, 5.74) is 2.37. The molecule has 4 heteroatoms. The highest BCUT2D eigenvalue weighted by molar-refractivity contribution is 5.42. The molecule has 0 atom stereocenters. The molecule has 0 bridgehead atoms. The molecule has 0 unspecified atom stereocenters. The first-order valence-electron chi connectivity index (χ1n) is 5.86. The molecule has 1 aliphatic rings. The molecular formula is C12H16N4. The van der Waals surface area contributed by atoms with Gasteiger partial charge in [0.05, 0.1) is 0 Å². The molecule has 84 valence electrons. The van der Waals surface area contributed by atoms with E-state index in [1.165, 1.54) is 18.4 Å². The Kier molecular flexibility index (Phi) is 2.36. The van der Waals surface area contributed by atoms with Gasteiger partial charge in [0.2, 0.25) is 0 Å². The molecule has 16 heavy (non-hydrogen) atoms. The van der Waals surface area contributed by atoms with Crippen LogP contribution in [-0.2, 0) is 0 Å². The van der Waals surface area contributed by atoms with E-state index < -0.39 is 0 Å². The first-order chi connectivity index (χ1) is 7.84. The van der Waals surface area contributed by atoms with E-state index in [4.69, 9.17) is 0 Å². The van der Waals surface area contributed by atoms with Crippen LogP contribution < -0.4 is 5.32 Å². The van der Waals surface area contributed by atoms with Gasteiger partial charge < -0.3 is 5.32 Å². The molecule has 2 aromatic rings. The fourth-order valence-corrected chi connectivity index (χ4v) is 2.44. The molecule has 1 aliphatic heterocycles. The average Bonchev–Trinajstić information content (AvgIpc) is 2.72. The van der Waals surface area contributed by atoms with Gasteiger partial charge in [0.25, 0.3) is 0 Å². The standard InChI is InChI=1S/C12H16N4/c1-9-14-15-12-8-11(4-7-16(9)12)10-2-5-13-6-3-10/h4,7-8,10,13H,2-3,5-6H2,1H3. The maximum atomic E-state index is 4.17. The number of nitrogens with zero attached hydrogens (tertiary/aromatic N) is 3. The van der Waals surface area contributed by atoms with Gasteiger partial charge >= 0.3 is 0 Å². The van der Waals surface area contributed by atoms with Crippen LogP contribution in [0.1, 0.15) is 30.1 Å². The lowest BCUT2D eigenvalue weighted by molar-refractivity contribution is 0.460. The highest BCUT2D eigenvalue weighted by Gasteiger charge is 2.15. The summed E-state index contributed by atoms with van der Waals surface area (Å²) in [6, 6.07) is 4.38. The monoisotopic (exact) mass is 216 g/mol. The van der Waals surface area contributed by atoms with Gasteiger partial charge in [0.15, 0.2) is 5.65 Å². The molecule has 0 saturated carbocycles. The Hall–Kier alpha value is -1.42. The minimum Gasteiger partial charge on any atom is -0.317 e. The number of aryl methyl sites for hydroxylation is 1. The Morgan fingerprint density at radius 1 is 1.31 bits per heavy atom. The van der Waals surface area contributed by atoms with Crippen molar-refractivity contribution in [1.82, 2.24) is 19.9 Å². The second-order valence-corrected chi connectivity index (χ2v) is 4.46. The quantitative estimate of drug-likeness (QED) is 0.785. The predicted octanol–water partition coefficient (Wildman–Crippen LogP) is 1.50. The molecule has 1 N–H and O–H groups in total. The fraction of sp³-hybridized carbons (Fsp3) is 0.500. The van der Waals surface area contributed by atoms with E-state index in [2.05, 4.69) is 33.8 Å². The van der Waals surface area contributed by atoms with E-state index in [1.807, 2.05) is 11.3 Å². The minimum absolute atomic E-state index is 0.684. The van der Waals surface area contributed by atoms with Crippen LogP contribution in [0.15, 0.2) is 18.3 Å². The van der Waals surface area contributed by atoms with Gasteiger partial charge in [-0.15, -0.1) is 10.2 Å². The third-order valence-electron chi connectivity index (χ3n) is 3.42. The maximum Gasteiger partial charge on any atom is 0.161 e. The number of pyridine rings is 1. The topological polar surface area (TPSA) is 42.2 Å². The molecular weight excluding hydrogens is 200 g/mol. The van der Waals surface area contributed by atoms with E-state index in [1.54, 1.807) is 0 Å². The number of hydrogen-bond donors (Lipinski definition) is 1. The molecule has 0 amide bonds. The van der Waals surface area contributed by atoms with Crippen molar-refractivity contribution in [3.05, 3.63) is 29.7 Å². The third kappa shape index (κ3) is 1.59. The van der Waals surface area contributed by atoms with Crippen LogP contribution >= 0.6 is 0 Å². The Morgan fingerprint density at radius 2 is 2.12 bits per heavy atom. The number of hydrogen-bond acceptors (Lipinski definition) is 3. The van der Waals surface area contributed by atoms with E-state index >= 15 is 0 Å². The number of piperidine rings is 1. The lowest BCUT2D eigenvalue weighted by Crippen LogP contribution is -2.26. The molecule has 0 radical (unpaired) electrons. The smallest absolute Gasteiger partial charge is 0.161 e. The molecule has 3 rings (SSSR count). The van der Waals surface area contributed by atoms with Gasteiger partial charge in [-0.2, -0.15) is 0 Å². The van der Waals surface area contributed by atoms with E-state index in [0.717, 1.165) is 24.6 Å². The summed E-state index contributed by atoms with van der Waals surface area (Å²) in [5, 5.41) is 11.6. The summed E-state index contributed by atoms with van der Waals surface area (Å²) in [5.74, 6) is 1.63. The van der Waals surface area contributed by atoms with Crippen LogP contribution in [0, 0.1) is 6.92 Å². The lowest BCUT2D eigenvalue weighted by atomic mass is 9.91. The minimum atomic E-state index is 0.684. The Bertz CT molecular complexity index is 497. The highest BCUT2D eigenvalue weighted by Crippen LogP contribution is 2.25. The van der Waals surface area contributed by atoms with Crippen molar-refractivity contribution in [3.8, 4) is 0 Å². The van der Waals surface area contributed by atoms with Crippen LogP contribution in [0.25, 0.3) is 5.65 Å². The molecule has 1 saturated heterocycles. The number of nitrogens with one attached hydrogen (secondary N) is 1. The van der Waals surface area contributed by atoms with Gasteiger partial charge in [-0.3, -0.25) is 4.40 Å². The van der Waals surface area contributed by atoms with Crippen molar-refractivity contribution in [3.63, 3.8) is 0 Å². The highest BCUT2D eigenvalue weighted by atomic mass is 15.2. The van der Waals surface area contributed by atoms with Crippen LogP contribution in [0.2, 0.25) is 0 Å². The Morgan fingerprint density at radius 3 is 2.94 bits per heavy atom. The Labute approximate surface area is 94.7 Å². The molecule has 2 aromatic heterocycles. The molecule has 0 spiro atoms. The average molecular weight is 216 g/mol. The summed E-state index contributed by atoms with van der Waals surface area (Å²) < 4.78 is 2.03. The zero-order chi connectivity index (χ0) is 11.0. The maximum absolute atomic E-state index is 4.17. The van der Waals surface area contributed by atoms with Crippen LogP contribution in [-0.4, -0.2) is 27.7 Å². The largest absolute Gasteiger partial charge is 0.317 e. The first kappa shape index (κ1) is 9.78. The summed E-state index contributed by atoms with van der Waals surface area (Å²) >= 11 is 0. The van der Waals surface area contributed by atoms with E-state index in [9.17, 15) is 0 Å². The first-order valence-corrected chi connectivity index (χ1v) is 5.86. The van der Waals surface area contributed by atoms with Crippen molar-refractivity contribution < 1.29 is 0 Å². The van der Waals surface area contributed by atoms with Crippen LogP contribution in [0.3, 0.4) is 0 Å². The van der Waals surface area contributed by atoms with Gasteiger partial charge in [-0.05, 0) is 56.5 Å². The number of rotatable bonds is 1. The normalized spacial score (nSPS) is 18.1. The lowest BCUT2D eigenvalue weighted by Gasteiger charge is -2.22. The van der Waals surface area contributed by atoms with Crippen molar-refractivity contribution >= 4 is 5.65 Å². The Balaban J connectivity index is 1.97. The van der Waals surface area contributed by atoms with Crippen LogP contribution in [0.5, 0.6) is 0 Å². The van der Waals surface area contributed by atoms with Crippen molar-refractivity contribution in [2.75, 3.05) is 13.1 Å². The SMILES string of the molecule is Cc1nnc2cc(C3CCNCC3)ccn12. The second-order valence-electron chi connectivity index (χ2n) is 4.46.